The summed E-state index contributed by atoms with van der Waals surface area (Å²) >= 11 is 0. The van der Waals surface area contributed by atoms with Crippen molar-refractivity contribution in [1.29, 1.82) is 0 Å². The predicted molar refractivity (Wildman–Crippen MR) is 109 cm³/mol. The van der Waals surface area contributed by atoms with Crippen LogP contribution in [0.5, 0.6) is 0 Å². The number of methoxy groups -OCH3 is 2. The second-order valence-electron chi connectivity index (χ2n) is 6.77. The van der Waals surface area contributed by atoms with Gasteiger partial charge in [-0.15, -0.1) is 0 Å². The molecule has 0 aliphatic carbocycles. The van der Waals surface area contributed by atoms with Crippen LogP contribution in [0.15, 0.2) is 65.4 Å². The van der Waals surface area contributed by atoms with Gasteiger partial charge in [-0.2, -0.15) is 13.2 Å². The van der Waals surface area contributed by atoms with Crippen LogP contribution < -0.4 is 4.90 Å². The molecular formula is C23H18F3NO5. The molecule has 1 aliphatic heterocycles. The van der Waals surface area contributed by atoms with Gasteiger partial charge in [0.05, 0.1) is 36.5 Å². The third-order valence-electron chi connectivity index (χ3n) is 4.90. The van der Waals surface area contributed by atoms with Crippen molar-refractivity contribution in [3.63, 3.8) is 0 Å². The van der Waals surface area contributed by atoms with E-state index in [1.807, 2.05) is 0 Å². The number of anilines is 1. The minimum atomic E-state index is -4.65. The summed E-state index contributed by atoms with van der Waals surface area (Å²) in [5.41, 5.74) is -0.844. The minimum absolute atomic E-state index is 0.147. The number of carbonyl (C=O) groups is 3. The summed E-state index contributed by atoms with van der Waals surface area (Å²) in [6.45, 7) is 1.48. The number of hydrogen-bond acceptors (Lipinski definition) is 5. The van der Waals surface area contributed by atoms with Crippen molar-refractivity contribution < 1.29 is 37.0 Å². The number of allylic oxidation sites excluding steroid dienone is 1. The highest BCUT2D eigenvalue weighted by Crippen LogP contribution is 2.38. The molecule has 0 spiro atoms. The molecule has 0 N–H and O–H groups in total. The third-order valence-corrected chi connectivity index (χ3v) is 4.90. The minimum Gasteiger partial charge on any atom is -0.465 e. The van der Waals surface area contributed by atoms with Crippen molar-refractivity contribution in [3.05, 3.63) is 82.1 Å². The number of carbonyl (C=O) groups excluding carboxylic acids is 3. The van der Waals surface area contributed by atoms with E-state index in [-0.39, 0.29) is 28.0 Å². The van der Waals surface area contributed by atoms with Gasteiger partial charge in [-0.05, 0) is 48.9 Å². The van der Waals surface area contributed by atoms with Gasteiger partial charge in [-0.25, -0.2) is 9.59 Å². The largest absolute Gasteiger partial charge is 0.465 e. The smallest absolute Gasteiger partial charge is 0.416 e. The van der Waals surface area contributed by atoms with E-state index < -0.39 is 29.6 Å². The van der Waals surface area contributed by atoms with Gasteiger partial charge in [0.25, 0.3) is 5.91 Å². The van der Waals surface area contributed by atoms with Gasteiger partial charge in [-0.1, -0.05) is 18.2 Å². The monoisotopic (exact) mass is 445 g/mol. The van der Waals surface area contributed by atoms with E-state index in [0.29, 0.717) is 5.69 Å². The Hall–Kier alpha value is -3.88. The molecule has 2 aromatic carbocycles. The Labute approximate surface area is 181 Å². The molecule has 3 rings (SSSR count). The summed E-state index contributed by atoms with van der Waals surface area (Å²) in [6.07, 6.45) is -3.62. The maximum absolute atomic E-state index is 13.4. The summed E-state index contributed by atoms with van der Waals surface area (Å²) < 4.78 is 49.7. The van der Waals surface area contributed by atoms with Crippen LogP contribution in [0.1, 0.15) is 28.4 Å². The molecule has 9 heteroatoms. The van der Waals surface area contributed by atoms with E-state index in [1.165, 1.54) is 61.4 Å². The Morgan fingerprint density at radius 3 is 2.09 bits per heavy atom. The fourth-order valence-electron chi connectivity index (χ4n) is 3.39. The summed E-state index contributed by atoms with van der Waals surface area (Å²) in [5.74, 6) is -2.14. The number of ether oxygens (including phenoxy) is 2. The Morgan fingerprint density at radius 1 is 0.938 bits per heavy atom. The van der Waals surface area contributed by atoms with Crippen LogP contribution in [0.3, 0.4) is 0 Å². The zero-order chi connectivity index (χ0) is 23.6. The van der Waals surface area contributed by atoms with Gasteiger partial charge < -0.3 is 9.47 Å². The van der Waals surface area contributed by atoms with Crippen molar-refractivity contribution in [3.8, 4) is 0 Å². The van der Waals surface area contributed by atoms with Crippen molar-refractivity contribution in [2.24, 2.45) is 0 Å². The van der Waals surface area contributed by atoms with Gasteiger partial charge in [0.15, 0.2) is 0 Å². The van der Waals surface area contributed by atoms with Gasteiger partial charge in [0, 0.05) is 11.4 Å². The highest BCUT2D eigenvalue weighted by Gasteiger charge is 2.39. The highest BCUT2D eigenvalue weighted by atomic mass is 19.4. The molecule has 0 bridgehead atoms. The fraction of sp³-hybridized carbons (Fsp3) is 0.174. The number of rotatable bonds is 4. The number of benzene rings is 2. The van der Waals surface area contributed by atoms with E-state index in [2.05, 4.69) is 4.74 Å². The molecule has 1 heterocycles. The number of esters is 2. The summed E-state index contributed by atoms with van der Waals surface area (Å²) in [4.78, 5) is 38.5. The van der Waals surface area contributed by atoms with Crippen LogP contribution in [-0.4, -0.2) is 32.1 Å². The van der Waals surface area contributed by atoms with Crippen LogP contribution >= 0.6 is 0 Å². The highest BCUT2D eigenvalue weighted by molar-refractivity contribution is 6.24. The first kappa shape index (κ1) is 22.8. The lowest BCUT2D eigenvalue weighted by Gasteiger charge is -2.18. The van der Waals surface area contributed by atoms with Crippen LogP contribution in [0.25, 0.3) is 6.08 Å². The second kappa shape index (κ2) is 8.70. The van der Waals surface area contributed by atoms with Crippen molar-refractivity contribution >= 4 is 29.6 Å². The molecule has 0 saturated carbocycles. The van der Waals surface area contributed by atoms with Crippen molar-refractivity contribution in [2.45, 2.75) is 13.1 Å². The predicted octanol–water partition coefficient (Wildman–Crippen LogP) is 4.37. The average molecular weight is 445 g/mol. The van der Waals surface area contributed by atoms with E-state index >= 15 is 0 Å². The molecular weight excluding hydrogens is 427 g/mol. The first-order valence-corrected chi connectivity index (χ1v) is 9.30. The number of alkyl halides is 3. The molecule has 166 valence electrons. The normalized spacial score (nSPS) is 15.4. The quantitative estimate of drug-likeness (QED) is 0.516. The van der Waals surface area contributed by atoms with Crippen molar-refractivity contribution in [1.82, 2.24) is 0 Å². The van der Waals surface area contributed by atoms with Crippen molar-refractivity contribution in [2.75, 3.05) is 19.1 Å². The lowest BCUT2D eigenvalue weighted by atomic mass is 10.00. The van der Waals surface area contributed by atoms with E-state index in [1.54, 1.807) is 0 Å². The molecule has 1 amide bonds. The summed E-state index contributed by atoms with van der Waals surface area (Å²) in [5, 5.41) is 0. The average Bonchev–Trinajstić information content (AvgIpc) is 3.01. The maximum atomic E-state index is 13.4. The summed E-state index contributed by atoms with van der Waals surface area (Å²) in [7, 11) is 2.34. The Kier molecular flexibility index (Phi) is 6.20. The zero-order valence-corrected chi connectivity index (χ0v) is 17.3. The molecule has 6 nitrogen and oxygen atoms in total. The zero-order valence-electron chi connectivity index (χ0n) is 17.3. The third kappa shape index (κ3) is 4.14. The van der Waals surface area contributed by atoms with Gasteiger partial charge >= 0.3 is 18.1 Å². The molecule has 2 aromatic rings. The number of amides is 1. The first-order chi connectivity index (χ1) is 15.1. The maximum Gasteiger partial charge on any atom is 0.416 e. The molecule has 0 saturated heterocycles. The number of hydrogen-bond donors (Lipinski definition) is 0. The fourth-order valence-corrected chi connectivity index (χ4v) is 3.39. The SMILES string of the molecule is COC(=O)C1=C(C)N(c2ccc(C(=O)OC)cc2)C(=O)/C1=C\c1ccccc1C(F)(F)F. The van der Waals surface area contributed by atoms with E-state index in [4.69, 9.17) is 4.74 Å². The standard InChI is InChI=1S/C23H18F3NO5/c1-13-19(22(30)32-3)17(12-15-6-4-5-7-18(15)23(24,25)26)20(28)27(13)16-10-8-14(9-11-16)21(29)31-2/h4-12H,1-3H3/b17-12-. The molecule has 1 aliphatic rings. The summed E-state index contributed by atoms with van der Waals surface area (Å²) in [6, 6.07) is 10.5. The van der Waals surface area contributed by atoms with Gasteiger partial charge in [0.1, 0.15) is 0 Å². The lowest BCUT2D eigenvalue weighted by molar-refractivity contribution is -0.138. The Balaban J connectivity index is 2.14. The van der Waals surface area contributed by atoms with Gasteiger partial charge in [-0.3, -0.25) is 9.69 Å². The first-order valence-electron chi connectivity index (χ1n) is 9.30. The van der Waals surface area contributed by atoms with Crippen LogP contribution in [0, 0.1) is 0 Å². The molecule has 0 fully saturated rings. The van der Waals surface area contributed by atoms with Gasteiger partial charge in [0.2, 0.25) is 0 Å². The van der Waals surface area contributed by atoms with Crippen LogP contribution in [-0.2, 0) is 25.2 Å². The molecule has 0 unspecified atom stereocenters. The van der Waals surface area contributed by atoms with E-state index in [9.17, 15) is 27.6 Å². The molecule has 32 heavy (non-hydrogen) atoms. The molecule has 0 atom stereocenters. The topological polar surface area (TPSA) is 72.9 Å². The van der Waals surface area contributed by atoms with Crippen LogP contribution in [0.2, 0.25) is 0 Å². The lowest BCUT2D eigenvalue weighted by Crippen LogP contribution is -2.24. The number of nitrogens with zero attached hydrogens (tertiary/aromatic N) is 1. The Bertz CT molecular complexity index is 1150. The second-order valence-corrected chi connectivity index (χ2v) is 6.77. The Morgan fingerprint density at radius 2 is 1.53 bits per heavy atom. The number of halogens is 3. The molecule has 0 radical (unpaired) electrons. The molecule has 0 aromatic heterocycles. The van der Waals surface area contributed by atoms with Crippen LogP contribution in [0.4, 0.5) is 18.9 Å². The van der Waals surface area contributed by atoms with E-state index in [0.717, 1.165) is 19.3 Å².